The molecule has 0 bridgehead atoms. The van der Waals surface area contributed by atoms with Crippen LogP contribution in [-0.2, 0) is 4.79 Å². The van der Waals surface area contributed by atoms with E-state index in [1.54, 1.807) is 35.0 Å². The monoisotopic (exact) mass is 420 g/mol. The summed E-state index contributed by atoms with van der Waals surface area (Å²) >= 11 is 0. The highest BCUT2D eigenvalue weighted by atomic mass is 19.1. The molecule has 0 saturated heterocycles. The average molecular weight is 420 g/mol. The second kappa shape index (κ2) is 7.98. The van der Waals surface area contributed by atoms with Gasteiger partial charge in [-0.25, -0.2) is 9.07 Å². The van der Waals surface area contributed by atoms with Crippen molar-refractivity contribution in [3.63, 3.8) is 0 Å². The van der Waals surface area contributed by atoms with Gasteiger partial charge in [-0.3, -0.25) is 9.59 Å². The molecule has 2 aromatic carbocycles. The second-order valence-electron chi connectivity index (χ2n) is 8.23. The van der Waals surface area contributed by atoms with Crippen LogP contribution < -0.4 is 10.6 Å². The minimum absolute atomic E-state index is 0.0371. The molecule has 0 unspecified atom stereocenters. The Kier molecular flexibility index (Phi) is 5.35. The molecule has 0 fully saturated rings. The Balaban J connectivity index is 1.81. The van der Waals surface area contributed by atoms with Gasteiger partial charge in [0, 0.05) is 23.1 Å². The van der Waals surface area contributed by atoms with Crippen LogP contribution in [0.1, 0.15) is 58.5 Å². The van der Waals surface area contributed by atoms with E-state index in [9.17, 15) is 14.0 Å². The van der Waals surface area contributed by atoms with Crippen LogP contribution in [0.15, 0.2) is 48.5 Å². The standard InChI is InChI=1S/C24H25FN4O2/c1-13(2)29-22-19(15(4)28-29)20(16-8-10-18(25)11-9-16)21(24(31)27-22)26-23(30)17-7-5-6-14(3)12-17/h5-13,20-21H,1-4H3,(H,26,30)(H,27,31)/t20-,21-/m0/s1. The van der Waals surface area contributed by atoms with Crippen LogP contribution >= 0.6 is 0 Å². The SMILES string of the molecule is Cc1cccc(C(=O)N[C@@H]2C(=O)Nc3c(c(C)nn3C(C)C)[C@@H]2c2ccc(F)cc2)c1. The summed E-state index contributed by atoms with van der Waals surface area (Å²) in [5, 5.41) is 10.5. The maximum Gasteiger partial charge on any atom is 0.251 e. The molecule has 0 aliphatic carbocycles. The average Bonchev–Trinajstić information content (AvgIpc) is 3.05. The third-order valence-electron chi connectivity index (χ3n) is 5.59. The molecule has 0 saturated carbocycles. The number of halogens is 1. The van der Waals surface area contributed by atoms with Gasteiger partial charge < -0.3 is 10.6 Å². The minimum Gasteiger partial charge on any atom is -0.339 e. The topological polar surface area (TPSA) is 76.0 Å². The summed E-state index contributed by atoms with van der Waals surface area (Å²) in [5.74, 6) is -0.907. The van der Waals surface area contributed by atoms with E-state index in [0.29, 0.717) is 11.4 Å². The molecule has 7 heteroatoms. The predicted molar refractivity (Wildman–Crippen MR) is 117 cm³/mol. The summed E-state index contributed by atoms with van der Waals surface area (Å²) in [5.41, 5.74) is 3.75. The first-order chi connectivity index (χ1) is 14.8. The highest BCUT2D eigenvalue weighted by Gasteiger charge is 2.41. The number of carbonyl (C=O) groups is 2. The maximum atomic E-state index is 13.6. The first kappa shape index (κ1) is 20.8. The number of amides is 2. The van der Waals surface area contributed by atoms with Crippen molar-refractivity contribution in [2.45, 2.75) is 45.7 Å². The number of nitrogens with zero attached hydrogens (tertiary/aromatic N) is 2. The number of nitrogens with one attached hydrogen (secondary N) is 2. The number of aromatic nitrogens is 2. The van der Waals surface area contributed by atoms with E-state index in [2.05, 4.69) is 15.7 Å². The molecule has 1 aromatic heterocycles. The Morgan fingerprint density at radius 2 is 1.87 bits per heavy atom. The van der Waals surface area contributed by atoms with Crippen molar-refractivity contribution < 1.29 is 14.0 Å². The summed E-state index contributed by atoms with van der Waals surface area (Å²) in [6.45, 7) is 7.75. The van der Waals surface area contributed by atoms with Crippen LogP contribution in [0.2, 0.25) is 0 Å². The number of aryl methyl sites for hydroxylation is 2. The van der Waals surface area contributed by atoms with E-state index in [0.717, 1.165) is 22.4 Å². The van der Waals surface area contributed by atoms with E-state index in [-0.39, 0.29) is 23.7 Å². The van der Waals surface area contributed by atoms with Crippen LogP contribution in [0.3, 0.4) is 0 Å². The smallest absolute Gasteiger partial charge is 0.251 e. The fourth-order valence-corrected chi connectivity index (χ4v) is 4.13. The molecule has 2 atom stereocenters. The Hall–Kier alpha value is -3.48. The summed E-state index contributed by atoms with van der Waals surface area (Å²) in [6.07, 6.45) is 0. The Morgan fingerprint density at radius 3 is 2.52 bits per heavy atom. The zero-order valence-corrected chi connectivity index (χ0v) is 17.9. The van der Waals surface area contributed by atoms with Gasteiger partial charge in [0.25, 0.3) is 5.91 Å². The number of carbonyl (C=O) groups excluding carboxylic acids is 2. The molecule has 1 aliphatic heterocycles. The van der Waals surface area contributed by atoms with Gasteiger partial charge in [-0.05, 0) is 57.5 Å². The molecule has 31 heavy (non-hydrogen) atoms. The molecule has 3 aromatic rings. The number of fused-ring (bicyclic) bond motifs is 1. The summed E-state index contributed by atoms with van der Waals surface area (Å²) in [4.78, 5) is 26.2. The fourth-order valence-electron chi connectivity index (χ4n) is 4.13. The van der Waals surface area contributed by atoms with Crippen molar-refractivity contribution in [3.8, 4) is 0 Å². The molecule has 2 heterocycles. The normalized spacial score (nSPS) is 17.9. The zero-order chi connectivity index (χ0) is 22.3. The van der Waals surface area contributed by atoms with Gasteiger partial charge in [-0.15, -0.1) is 0 Å². The van der Waals surface area contributed by atoms with Gasteiger partial charge in [-0.2, -0.15) is 5.10 Å². The van der Waals surface area contributed by atoms with Crippen molar-refractivity contribution in [2.24, 2.45) is 0 Å². The Labute approximate surface area is 180 Å². The quantitative estimate of drug-likeness (QED) is 0.667. The largest absolute Gasteiger partial charge is 0.339 e. The molecule has 0 spiro atoms. The fraction of sp³-hybridized carbons (Fsp3) is 0.292. The van der Waals surface area contributed by atoms with Crippen LogP contribution in [0.25, 0.3) is 0 Å². The minimum atomic E-state index is -0.866. The summed E-state index contributed by atoms with van der Waals surface area (Å²) in [7, 11) is 0. The highest BCUT2D eigenvalue weighted by molar-refractivity contribution is 6.04. The maximum absolute atomic E-state index is 13.6. The third-order valence-corrected chi connectivity index (χ3v) is 5.59. The molecular weight excluding hydrogens is 395 g/mol. The Morgan fingerprint density at radius 1 is 1.16 bits per heavy atom. The Bertz CT molecular complexity index is 1150. The van der Waals surface area contributed by atoms with Gasteiger partial charge in [0.05, 0.1) is 5.69 Å². The first-order valence-corrected chi connectivity index (χ1v) is 10.3. The number of hydrogen-bond acceptors (Lipinski definition) is 3. The van der Waals surface area contributed by atoms with Crippen LogP contribution in [-0.4, -0.2) is 27.6 Å². The van der Waals surface area contributed by atoms with E-state index in [1.807, 2.05) is 33.8 Å². The molecule has 160 valence electrons. The van der Waals surface area contributed by atoms with E-state index >= 15 is 0 Å². The van der Waals surface area contributed by atoms with Gasteiger partial charge in [-0.1, -0.05) is 29.8 Å². The van der Waals surface area contributed by atoms with Crippen LogP contribution in [0, 0.1) is 19.7 Å². The number of anilines is 1. The van der Waals surface area contributed by atoms with E-state index in [1.165, 1.54) is 12.1 Å². The summed E-state index contributed by atoms with van der Waals surface area (Å²) in [6, 6.07) is 12.4. The number of hydrogen-bond donors (Lipinski definition) is 2. The third kappa shape index (κ3) is 3.83. The molecule has 1 aliphatic rings. The van der Waals surface area contributed by atoms with Crippen LogP contribution in [0.4, 0.5) is 10.2 Å². The van der Waals surface area contributed by atoms with E-state index < -0.39 is 12.0 Å². The predicted octanol–water partition coefficient (Wildman–Crippen LogP) is 4.10. The lowest BCUT2D eigenvalue weighted by atomic mass is 9.81. The van der Waals surface area contributed by atoms with E-state index in [4.69, 9.17) is 0 Å². The number of rotatable bonds is 4. The lowest BCUT2D eigenvalue weighted by molar-refractivity contribution is -0.118. The summed E-state index contributed by atoms with van der Waals surface area (Å²) < 4.78 is 15.4. The van der Waals surface area contributed by atoms with Gasteiger partial charge >= 0.3 is 0 Å². The van der Waals surface area contributed by atoms with Crippen molar-refractivity contribution in [2.75, 3.05) is 5.32 Å². The highest BCUT2D eigenvalue weighted by Crippen LogP contribution is 2.40. The van der Waals surface area contributed by atoms with Crippen LogP contribution in [0.5, 0.6) is 0 Å². The molecule has 2 amide bonds. The van der Waals surface area contributed by atoms with Crippen molar-refractivity contribution >= 4 is 17.6 Å². The lowest BCUT2D eigenvalue weighted by Crippen LogP contribution is -2.50. The van der Waals surface area contributed by atoms with Crippen molar-refractivity contribution in [1.82, 2.24) is 15.1 Å². The number of benzene rings is 2. The molecule has 0 radical (unpaired) electrons. The molecule has 4 rings (SSSR count). The van der Waals surface area contributed by atoms with Gasteiger partial charge in [0.1, 0.15) is 17.7 Å². The van der Waals surface area contributed by atoms with Crippen molar-refractivity contribution in [1.29, 1.82) is 0 Å². The first-order valence-electron chi connectivity index (χ1n) is 10.3. The molecule has 6 nitrogen and oxygen atoms in total. The van der Waals surface area contributed by atoms with Gasteiger partial charge in [0.2, 0.25) is 5.91 Å². The second-order valence-corrected chi connectivity index (χ2v) is 8.23. The lowest BCUT2D eigenvalue weighted by Gasteiger charge is -2.33. The molecule has 2 N–H and O–H groups in total. The zero-order valence-electron chi connectivity index (χ0n) is 17.9. The van der Waals surface area contributed by atoms with Crippen molar-refractivity contribution in [3.05, 3.63) is 82.3 Å². The van der Waals surface area contributed by atoms with Gasteiger partial charge in [0.15, 0.2) is 0 Å². The molecular formula is C24H25FN4O2.